The second kappa shape index (κ2) is 8.06. The summed E-state index contributed by atoms with van der Waals surface area (Å²) in [5.41, 5.74) is 0.0806. The molecule has 4 rings (SSSR count). The van der Waals surface area contributed by atoms with Crippen molar-refractivity contribution in [3.8, 4) is 5.69 Å². The summed E-state index contributed by atoms with van der Waals surface area (Å²) < 4.78 is 67.6. The Kier molecular flexibility index (Phi) is 5.55. The number of hydrogen-bond donors (Lipinski definition) is 2. The van der Waals surface area contributed by atoms with Gasteiger partial charge in [-0.15, -0.1) is 0 Å². The highest BCUT2D eigenvalue weighted by Crippen LogP contribution is 2.30. The highest BCUT2D eigenvalue weighted by atomic mass is 32.2. The van der Waals surface area contributed by atoms with Crippen molar-refractivity contribution in [1.82, 2.24) is 14.5 Å². The predicted molar refractivity (Wildman–Crippen MR) is 111 cm³/mol. The molecule has 0 radical (unpaired) electrons. The molecule has 1 aliphatic carbocycles. The molecule has 1 heterocycles. The van der Waals surface area contributed by atoms with Crippen LogP contribution in [-0.2, 0) is 16.2 Å². The Hall–Kier alpha value is -3.18. The fraction of sp³-hybridized carbons (Fsp3) is 0.238. The van der Waals surface area contributed by atoms with Gasteiger partial charge in [0.05, 0.1) is 33.6 Å². The molecule has 3 aromatic rings. The molecular formula is C21H19F3N4O3S. The van der Waals surface area contributed by atoms with Crippen molar-refractivity contribution in [2.45, 2.75) is 36.9 Å². The summed E-state index contributed by atoms with van der Waals surface area (Å²) >= 11 is 0. The number of anilines is 1. The Balaban J connectivity index is 1.56. The molecular weight excluding hydrogens is 445 g/mol. The third-order valence-corrected chi connectivity index (χ3v) is 6.49. The van der Waals surface area contributed by atoms with E-state index in [4.69, 9.17) is 0 Å². The number of nitrogens with zero attached hydrogens (tertiary/aromatic N) is 2. The molecule has 1 saturated carbocycles. The van der Waals surface area contributed by atoms with Crippen LogP contribution in [0.3, 0.4) is 0 Å². The molecule has 1 aromatic heterocycles. The summed E-state index contributed by atoms with van der Waals surface area (Å²) in [5, 5.41) is 6.67. The SMILES string of the molecule is Cc1c(C(=O)Nc2cccc(S(=O)(=O)NC3CC3)c2)cnn1-c1cccc(C(F)(F)F)c1. The first-order valence-corrected chi connectivity index (χ1v) is 11.2. The first kappa shape index (κ1) is 22.0. The molecule has 1 aliphatic rings. The van der Waals surface area contributed by atoms with Gasteiger partial charge in [0.1, 0.15) is 0 Å². The lowest BCUT2D eigenvalue weighted by Gasteiger charge is -2.11. The van der Waals surface area contributed by atoms with E-state index < -0.39 is 27.7 Å². The van der Waals surface area contributed by atoms with Crippen LogP contribution in [0.15, 0.2) is 59.6 Å². The lowest BCUT2D eigenvalue weighted by molar-refractivity contribution is -0.137. The van der Waals surface area contributed by atoms with E-state index in [9.17, 15) is 26.4 Å². The third kappa shape index (κ3) is 4.68. The molecule has 1 amide bonds. The van der Waals surface area contributed by atoms with Gasteiger partial charge in [-0.3, -0.25) is 4.79 Å². The summed E-state index contributed by atoms with van der Waals surface area (Å²) in [6.45, 7) is 1.56. The molecule has 2 N–H and O–H groups in total. The molecule has 0 aliphatic heterocycles. The summed E-state index contributed by atoms with van der Waals surface area (Å²) in [6.07, 6.45) is -1.66. The number of carbonyl (C=O) groups excluding carboxylic acids is 1. The minimum Gasteiger partial charge on any atom is -0.322 e. The van der Waals surface area contributed by atoms with E-state index in [0.29, 0.717) is 5.69 Å². The number of carbonyl (C=O) groups is 1. The average molecular weight is 464 g/mol. The van der Waals surface area contributed by atoms with E-state index in [2.05, 4.69) is 15.1 Å². The molecule has 11 heteroatoms. The Morgan fingerprint density at radius 3 is 2.53 bits per heavy atom. The van der Waals surface area contributed by atoms with E-state index in [1.54, 1.807) is 13.0 Å². The number of nitrogens with one attached hydrogen (secondary N) is 2. The normalized spacial score (nSPS) is 14.4. The quantitative estimate of drug-likeness (QED) is 0.579. The first-order chi connectivity index (χ1) is 15.0. The molecule has 1 fully saturated rings. The Bertz CT molecular complexity index is 1280. The Morgan fingerprint density at radius 2 is 1.84 bits per heavy atom. The van der Waals surface area contributed by atoms with Crippen molar-refractivity contribution < 1.29 is 26.4 Å². The van der Waals surface area contributed by atoms with Crippen LogP contribution in [0, 0.1) is 6.92 Å². The van der Waals surface area contributed by atoms with Crippen LogP contribution in [0.25, 0.3) is 5.69 Å². The van der Waals surface area contributed by atoms with Crippen LogP contribution in [-0.4, -0.2) is 30.1 Å². The maximum Gasteiger partial charge on any atom is 0.416 e. The van der Waals surface area contributed by atoms with Crippen LogP contribution >= 0.6 is 0 Å². The van der Waals surface area contributed by atoms with Gasteiger partial charge in [-0.05, 0) is 56.2 Å². The zero-order valence-electron chi connectivity index (χ0n) is 16.8. The van der Waals surface area contributed by atoms with Crippen molar-refractivity contribution in [3.63, 3.8) is 0 Å². The van der Waals surface area contributed by atoms with Crippen molar-refractivity contribution in [3.05, 3.63) is 71.5 Å². The molecule has 0 spiro atoms. The fourth-order valence-corrected chi connectivity index (χ4v) is 4.49. The zero-order valence-corrected chi connectivity index (χ0v) is 17.7. The number of alkyl halides is 3. The number of amides is 1. The van der Waals surface area contributed by atoms with Gasteiger partial charge in [0.2, 0.25) is 10.0 Å². The molecule has 0 unspecified atom stereocenters. The second-order valence-corrected chi connectivity index (χ2v) is 9.20. The Labute approximate surface area is 182 Å². The van der Waals surface area contributed by atoms with E-state index in [1.807, 2.05) is 0 Å². The number of rotatable bonds is 6. The van der Waals surface area contributed by atoms with Gasteiger partial charge in [0, 0.05) is 11.7 Å². The van der Waals surface area contributed by atoms with Crippen LogP contribution in [0.1, 0.15) is 34.5 Å². The van der Waals surface area contributed by atoms with Gasteiger partial charge < -0.3 is 5.32 Å². The van der Waals surface area contributed by atoms with Crippen LogP contribution in [0.4, 0.5) is 18.9 Å². The predicted octanol–water partition coefficient (Wildman–Crippen LogP) is 3.89. The number of aromatic nitrogens is 2. The van der Waals surface area contributed by atoms with E-state index in [0.717, 1.165) is 25.0 Å². The molecule has 32 heavy (non-hydrogen) atoms. The molecule has 168 valence electrons. The maximum atomic E-state index is 13.0. The lowest BCUT2D eigenvalue weighted by Crippen LogP contribution is -2.25. The number of benzene rings is 2. The fourth-order valence-electron chi connectivity index (χ4n) is 3.13. The van der Waals surface area contributed by atoms with Gasteiger partial charge in [0.15, 0.2) is 0 Å². The Morgan fingerprint density at radius 1 is 1.12 bits per heavy atom. The third-order valence-electron chi connectivity index (χ3n) is 4.97. The van der Waals surface area contributed by atoms with Crippen LogP contribution in [0.2, 0.25) is 0 Å². The van der Waals surface area contributed by atoms with Crippen molar-refractivity contribution in [2.75, 3.05) is 5.32 Å². The molecule has 0 saturated heterocycles. The van der Waals surface area contributed by atoms with Crippen LogP contribution < -0.4 is 10.0 Å². The number of sulfonamides is 1. The molecule has 7 nitrogen and oxygen atoms in total. The minimum atomic E-state index is -4.50. The average Bonchev–Trinajstić information content (AvgIpc) is 3.45. The number of hydrogen-bond acceptors (Lipinski definition) is 4. The minimum absolute atomic E-state index is 0.0265. The highest BCUT2D eigenvalue weighted by molar-refractivity contribution is 7.89. The van der Waals surface area contributed by atoms with Gasteiger partial charge in [0.25, 0.3) is 5.91 Å². The molecule has 0 bridgehead atoms. The zero-order chi connectivity index (χ0) is 23.1. The summed E-state index contributed by atoms with van der Waals surface area (Å²) in [4.78, 5) is 12.8. The summed E-state index contributed by atoms with van der Waals surface area (Å²) in [7, 11) is -3.69. The van der Waals surface area contributed by atoms with E-state index >= 15 is 0 Å². The standard InChI is InChI=1S/C21H19F3N4O3S/c1-13-19(12-25-28(13)17-6-2-4-14(10-17)21(22,23)24)20(29)26-16-5-3-7-18(11-16)32(30,31)27-15-8-9-15/h2-7,10-12,15,27H,8-9H2,1H3,(H,26,29). The summed E-state index contributed by atoms with van der Waals surface area (Å²) in [6, 6.07) is 10.4. The van der Waals surface area contributed by atoms with Gasteiger partial charge in [-0.2, -0.15) is 18.3 Å². The first-order valence-electron chi connectivity index (χ1n) is 9.70. The van der Waals surface area contributed by atoms with Crippen molar-refractivity contribution in [2.24, 2.45) is 0 Å². The van der Waals surface area contributed by atoms with E-state index in [-0.39, 0.29) is 27.9 Å². The van der Waals surface area contributed by atoms with Crippen LogP contribution in [0.5, 0.6) is 0 Å². The molecule has 2 aromatic carbocycles. The van der Waals surface area contributed by atoms with Crippen molar-refractivity contribution >= 4 is 21.6 Å². The summed E-state index contributed by atoms with van der Waals surface area (Å²) in [5.74, 6) is -0.564. The van der Waals surface area contributed by atoms with Gasteiger partial charge in [-0.1, -0.05) is 12.1 Å². The maximum absolute atomic E-state index is 13.0. The van der Waals surface area contributed by atoms with Crippen molar-refractivity contribution in [1.29, 1.82) is 0 Å². The largest absolute Gasteiger partial charge is 0.416 e. The smallest absolute Gasteiger partial charge is 0.322 e. The second-order valence-electron chi connectivity index (χ2n) is 7.48. The van der Waals surface area contributed by atoms with E-state index in [1.165, 1.54) is 41.2 Å². The van der Waals surface area contributed by atoms with Gasteiger partial charge >= 0.3 is 6.18 Å². The molecule has 0 atom stereocenters. The monoisotopic (exact) mass is 464 g/mol. The van der Waals surface area contributed by atoms with Gasteiger partial charge in [-0.25, -0.2) is 17.8 Å². The lowest BCUT2D eigenvalue weighted by atomic mass is 10.2. The topological polar surface area (TPSA) is 93.1 Å². The highest BCUT2D eigenvalue weighted by Gasteiger charge is 2.31. The number of halogens is 3.